The summed E-state index contributed by atoms with van der Waals surface area (Å²) in [6.07, 6.45) is 3.75. The molecule has 20 heavy (non-hydrogen) atoms. The van der Waals surface area contributed by atoms with Gasteiger partial charge in [-0.25, -0.2) is 0 Å². The highest BCUT2D eigenvalue weighted by molar-refractivity contribution is 5.98. The summed E-state index contributed by atoms with van der Waals surface area (Å²) in [7, 11) is 0. The minimum Gasteiger partial charge on any atom is -0.409 e. The molecule has 0 aromatic carbocycles. The zero-order valence-electron chi connectivity index (χ0n) is 11.8. The fraction of sp³-hybridized carbons (Fsp3) is 0.500. The molecule has 0 radical (unpaired) electrons. The zero-order chi connectivity index (χ0) is 14.8. The highest BCUT2D eigenvalue weighted by Crippen LogP contribution is 2.51. The molecule has 6 heteroatoms. The molecule has 0 atom stereocenters. The number of hydrogen-bond acceptors (Lipinski definition) is 4. The van der Waals surface area contributed by atoms with E-state index >= 15 is 0 Å². The van der Waals surface area contributed by atoms with Gasteiger partial charge < -0.3 is 16.3 Å². The third kappa shape index (κ3) is 2.89. The van der Waals surface area contributed by atoms with Gasteiger partial charge in [-0.3, -0.25) is 9.78 Å². The lowest BCUT2D eigenvalue weighted by Crippen LogP contribution is -2.33. The minimum atomic E-state index is -0.192. The van der Waals surface area contributed by atoms with Crippen LogP contribution in [-0.2, 0) is 0 Å². The molecule has 2 rings (SSSR count). The van der Waals surface area contributed by atoms with Crippen LogP contribution in [0.4, 0.5) is 0 Å². The van der Waals surface area contributed by atoms with Gasteiger partial charge in [-0.05, 0) is 36.3 Å². The summed E-state index contributed by atoms with van der Waals surface area (Å²) in [4.78, 5) is 16.0. The number of nitrogens with one attached hydrogen (secondary N) is 1. The summed E-state index contributed by atoms with van der Waals surface area (Å²) >= 11 is 0. The molecule has 1 heterocycles. The lowest BCUT2D eigenvalue weighted by atomic mass is 9.92. The van der Waals surface area contributed by atoms with Crippen LogP contribution in [0, 0.1) is 11.3 Å². The molecule has 1 aromatic heterocycles. The molecule has 0 unspecified atom stereocenters. The fourth-order valence-corrected chi connectivity index (χ4v) is 2.20. The third-order valence-corrected chi connectivity index (χ3v) is 4.12. The number of nitrogens with zero attached hydrogens (tertiary/aromatic N) is 2. The second-order valence-electron chi connectivity index (χ2n) is 5.62. The highest BCUT2D eigenvalue weighted by Gasteiger charge is 2.45. The average molecular weight is 276 g/mol. The van der Waals surface area contributed by atoms with Gasteiger partial charge in [-0.2, -0.15) is 0 Å². The van der Waals surface area contributed by atoms with Crippen molar-refractivity contribution in [1.29, 1.82) is 0 Å². The van der Waals surface area contributed by atoms with E-state index < -0.39 is 0 Å². The van der Waals surface area contributed by atoms with Crippen LogP contribution < -0.4 is 11.1 Å². The molecule has 0 aliphatic heterocycles. The maximum absolute atomic E-state index is 12.0. The smallest absolute Gasteiger partial charge is 0.269 e. The quantitative estimate of drug-likeness (QED) is 0.327. The maximum atomic E-state index is 12.0. The van der Waals surface area contributed by atoms with E-state index in [1.807, 2.05) is 0 Å². The van der Waals surface area contributed by atoms with Crippen LogP contribution in [0.1, 0.15) is 42.7 Å². The van der Waals surface area contributed by atoms with Gasteiger partial charge in [0.05, 0.1) is 0 Å². The lowest BCUT2D eigenvalue weighted by Gasteiger charge is -2.19. The first kappa shape index (κ1) is 14.3. The first-order valence-corrected chi connectivity index (χ1v) is 6.71. The Morgan fingerprint density at radius 2 is 2.25 bits per heavy atom. The van der Waals surface area contributed by atoms with Gasteiger partial charge in [0.25, 0.3) is 5.91 Å². The first-order chi connectivity index (χ1) is 9.48. The number of pyridine rings is 1. The second kappa shape index (κ2) is 5.48. The molecule has 0 bridgehead atoms. The molecule has 0 saturated heterocycles. The van der Waals surface area contributed by atoms with Gasteiger partial charge in [0.1, 0.15) is 5.69 Å². The Kier molecular flexibility index (Phi) is 3.92. The molecule has 0 spiro atoms. The Hall–Kier alpha value is -2.11. The molecule has 108 valence electrons. The second-order valence-corrected chi connectivity index (χ2v) is 5.62. The van der Waals surface area contributed by atoms with Crippen molar-refractivity contribution < 1.29 is 10.0 Å². The number of carbonyl (C=O) groups excluding carboxylic acids is 1. The van der Waals surface area contributed by atoms with Crippen molar-refractivity contribution in [3.8, 4) is 0 Å². The molecule has 4 N–H and O–H groups in total. The van der Waals surface area contributed by atoms with E-state index in [1.54, 1.807) is 12.1 Å². The summed E-state index contributed by atoms with van der Waals surface area (Å²) in [5.41, 5.74) is 6.51. The predicted molar refractivity (Wildman–Crippen MR) is 75.6 cm³/mol. The van der Waals surface area contributed by atoms with E-state index in [0.717, 1.165) is 0 Å². The predicted octanol–water partition coefficient (Wildman–Crippen LogP) is 1.34. The standard InChI is InChI=1S/C14H20N4O2/c1-9(2)14(5-6-14)8-17-13(19)11-4-3-10(7-16-11)12(15)18-20/h3-4,7,9,20H,5-6,8H2,1-2H3,(H2,15,18)(H,17,19). The SMILES string of the molecule is CC(C)C1(CNC(=O)c2ccc(/C(N)=N/O)cn2)CC1. The number of hydrogen-bond donors (Lipinski definition) is 3. The molecule has 1 fully saturated rings. The first-order valence-electron chi connectivity index (χ1n) is 6.71. The number of nitrogens with two attached hydrogens (primary N) is 1. The van der Waals surface area contributed by atoms with Gasteiger partial charge in [0.2, 0.25) is 0 Å². The Bertz CT molecular complexity index is 518. The van der Waals surface area contributed by atoms with E-state index in [2.05, 4.69) is 29.3 Å². The molecular formula is C14H20N4O2. The monoisotopic (exact) mass is 276 g/mol. The average Bonchev–Trinajstić information content (AvgIpc) is 3.25. The molecule has 1 aliphatic rings. The topological polar surface area (TPSA) is 101 Å². The lowest BCUT2D eigenvalue weighted by molar-refractivity contribution is 0.0935. The van der Waals surface area contributed by atoms with Crippen molar-refractivity contribution in [3.63, 3.8) is 0 Å². The summed E-state index contributed by atoms with van der Waals surface area (Å²) in [5, 5.41) is 14.4. The van der Waals surface area contributed by atoms with Gasteiger partial charge >= 0.3 is 0 Å². The highest BCUT2D eigenvalue weighted by atomic mass is 16.4. The molecule has 1 saturated carbocycles. The van der Waals surface area contributed by atoms with Crippen molar-refractivity contribution >= 4 is 11.7 Å². The Morgan fingerprint density at radius 1 is 1.55 bits per heavy atom. The molecular weight excluding hydrogens is 256 g/mol. The van der Waals surface area contributed by atoms with Gasteiger partial charge in [-0.1, -0.05) is 19.0 Å². The van der Waals surface area contributed by atoms with Crippen molar-refractivity contribution in [1.82, 2.24) is 10.3 Å². The number of amidine groups is 1. The van der Waals surface area contributed by atoms with E-state index in [-0.39, 0.29) is 17.2 Å². The minimum absolute atomic E-state index is 0.0267. The Labute approximate surface area is 118 Å². The van der Waals surface area contributed by atoms with Crippen molar-refractivity contribution in [2.45, 2.75) is 26.7 Å². The summed E-state index contributed by atoms with van der Waals surface area (Å²) in [6.45, 7) is 5.06. The molecule has 1 aliphatic carbocycles. The number of aromatic nitrogens is 1. The largest absolute Gasteiger partial charge is 0.409 e. The number of rotatable bonds is 5. The van der Waals surface area contributed by atoms with Crippen molar-refractivity contribution in [3.05, 3.63) is 29.6 Å². The van der Waals surface area contributed by atoms with Crippen LogP contribution in [0.2, 0.25) is 0 Å². The van der Waals surface area contributed by atoms with Crippen LogP contribution in [0.15, 0.2) is 23.5 Å². The van der Waals surface area contributed by atoms with Crippen LogP contribution in [0.3, 0.4) is 0 Å². The summed E-state index contributed by atoms with van der Waals surface area (Å²) < 4.78 is 0. The van der Waals surface area contributed by atoms with E-state index in [4.69, 9.17) is 10.9 Å². The number of carbonyl (C=O) groups is 1. The molecule has 1 aromatic rings. The van der Waals surface area contributed by atoms with Crippen LogP contribution in [0.25, 0.3) is 0 Å². The Morgan fingerprint density at radius 3 is 2.70 bits per heavy atom. The summed E-state index contributed by atoms with van der Waals surface area (Å²) in [5.74, 6) is 0.350. The maximum Gasteiger partial charge on any atom is 0.269 e. The van der Waals surface area contributed by atoms with Crippen molar-refractivity contribution in [2.75, 3.05) is 6.54 Å². The normalized spacial score (nSPS) is 17.1. The van der Waals surface area contributed by atoms with E-state index in [0.29, 0.717) is 23.7 Å². The van der Waals surface area contributed by atoms with E-state index in [9.17, 15) is 4.79 Å². The molecule has 6 nitrogen and oxygen atoms in total. The summed E-state index contributed by atoms with van der Waals surface area (Å²) in [6, 6.07) is 3.17. The number of amides is 1. The zero-order valence-corrected chi connectivity index (χ0v) is 11.8. The van der Waals surface area contributed by atoms with E-state index in [1.165, 1.54) is 19.0 Å². The van der Waals surface area contributed by atoms with Gasteiger partial charge in [-0.15, -0.1) is 0 Å². The van der Waals surface area contributed by atoms with Crippen molar-refractivity contribution in [2.24, 2.45) is 22.2 Å². The fourth-order valence-electron chi connectivity index (χ4n) is 2.20. The van der Waals surface area contributed by atoms with Gasteiger partial charge in [0.15, 0.2) is 5.84 Å². The third-order valence-electron chi connectivity index (χ3n) is 4.12. The number of oxime groups is 1. The van der Waals surface area contributed by atoms with Crippen LogP contribution >= 0.6 is 0 Å². The van der Waals surface area contributed by atoms with Crippen LogP contribution in [0.5, 0.6) is 0 Å². The Balaban J connectivity index is 1.96. The van der Waals surface area contributed by atoms with Gasteiger partial charge in [0, 0.05) is 18.3 Å². The van der Waals surface area contributed by atoms with Crippen LogP contribution in [-0.4, -0.2) is 28.5 Å². The molecule has 1 amide bonds.